The number of nitriles is 2. The Labute approximate surface area is 98.1 Å². The molecule has 1 aromatic heterocycles. The van der Waals surface area contributed by atoms with E-state index in [0.29, 0.717) is 6.07 Å². The maximum absolute atomic E-state index is 12.6. The van der Waals surface area contributed by atoms with Gasteiger partial charge in [-0.05, 0) is 11.6 Å². The minimum atomic E-state index is -4.95. The fraction of sp³-hybridized carbons (Fsp3) is 0.300. The standard InChI is InChI=1S/C10H4F5N3/c11-9(12)7-6(4-17)3-5(1-2-16)8(18-7)10(13,14)15/h3,9H,1H2. The molecule has 0 bridgehead atoms. The van der Waals surface area contributed by atoms with E-state index in [2.05, 4.69) is 4.98 Å². The monoisotopic (exact) mass is 261 g/mol. The van der Waals surface area contributed by atoms with E-state index < -0.39 is 41.5 Å². The molecule has 0 aliphatic heterocycles. The third kappa shape index (κ3) is 2.72. The van der Waals surface area contributed by atoms with Crippen LogP contribution in [0.2, 0.25) is 0 Å². The van der Waals surface area contributed by atoms with Crippen molar-refractivity contribution >= 4 is 0 Å². The van der Waals surface area contributed by atoms with Crippen molar-refractivity contribution in [3.63, 3.8) is 0 Å². The van der Waals surface area contributed by atoms with Crippen molar-refractivity contribution < 1.29 is 22.0 Å². The van der Waals surface area contributed by atoms with Crippen LogP contribution in [-0.4, -0.2) is 4.98 Å². The van der Waals surface area contributed by atoms with Crippen molar-refractivity contribution in [1.82, 2.24) is 4.98 Å². The lowest BCUT2D eigenvalue weighted by Crippen LogP contribution is -2.15. The summed E-state index contributed by atoms with van der Waals surface area (Å²) in [6.07, 6.45) is -8.92. The number of hydrogen-bond donors (Lipinski definition) is 0. The Morgan fingerprint density at radius 1 is 1.28 bits per heavy atom. The van der Waals surface area contributed by atoms with Gasteiger partial charge in [0, 0.05) is 0 Å². The summed E-state index contributed by atoms with van der Waals surface area (Å²) in [4.78, 5) is 2.78. The van der Waals surface area contributed by atoms with Gasteiger partial charge >= 0.3 is 6.18 Å². The molecule has 1 heterocycles. The Bertz CT molecular complexity index is 536. The number of nitrogens with zero attached hydrogens (tertiary/aromatic N) is 3. The summed E-state index contributed by atoms with van der Waals surface area (Å²) >= 11 is 0. The third-order valence-corrected chi connectivity index (χ3v) is 2.00. The maximum atomic E-state index is 12.6. The Morgan fingerprint density at radius 2 is 1.89 bits per heavy atom. The van der Waals surface area contributed by atoms with E-state index in [1.54, 1.807) is 0 Å². The molecule has 0 radical (unpaired) electrons. The van der Waals surface area contributed by atoms with E-state index in [-0.39, 0.29) is 0 Å². The van der Waals surface area contributed by atoms with Gasteiger partial charge in [-0.1, -0.05) is 0 Å². The second-order valence-corrected chi connectivity index (χ2v) is 3.17. The fourth-order valence-corrected chi connectivity index (χ4v) is 1.29. The molecule has 0 fully saturated rings. The van der Waals surface area contributed by atoms with Crippen LogP contribution < -0.4 is 0 Å². The summed E-state index contributed by atoms with van der Waals surface area (Å²) in [6.45, 7) is 0. The molecule has 0 unspecified atom stereocenters. The first-order valence-corrected chi connectivity index (χ1v) is 4.47. The predicted octanol–water partition coefficient (Wildman–Crippen LogP) is 2.98. The van der Waals surface area contributed by atoms with Gasteiger partial charge < -0.3 is 0 Å². The molecule has 0 atom stereocenters. The average molecular weight is 261 g/mol. The number of rotatable bonds is 2. The summed E-state index contributed by atoms with van der Waals surface area (Å²) in [5, 5.41) is 16.9. The van der Waals surface area contributed by atoms with Gasteiger partial charge in [-0.25, -0.2) is 13.8 Å². The van der Waals surface area contributed by atoms with E-state index >= 15 is 0 Å². The Balaban J connectivity index is 3.55. The lowest BCUT2D eigenvalue weighted by Gasteiger charge is -2.12. The molecule has 1 aromatic rings. The molecule has 94 valence electrons. The van der Waals surface area contributed by atoms with Gasteiger partial charge in [0.15, 0.2) is 0 Å². The quantitative estimate of drug-likeness (QED) is 0.769. The minimum absolute atomic E-state index is 0.592. The maximum Gasteiger partial charge on any atom is 0.433 e. The second kappa shape index (κ2) is 4.96. The van der Waals surface area contributed by atoms with Gasteiger partial charge in [-0.3, -0.25) is 0 Å². The number of pyridine rings is 1. The highest BCUT2D eigenvalue weighted by atomic mass is 19.4. The summed E-state index contributed by atoms with van der Waals surface area (Å²) < 4.78 is 62.6. The highest BCUT2D eigenvalue weighted by Crippen LogP contribution is 2.33. The van der Waals surface area contributed by atoms with Crippen LogP contribution in [0.5, 0.6) is 0 Å². The molecule has 0 aliphatic carbocycles. The van der Waals surface area contributed by atoms with Gasteiger partial charge in [-0.2, -0.15) is 23.7 Å². The van der Waals surface area contributed by atoms with Crippen LogP contribution in [0.3, 0.4) is 0 Å². The highest BCUT2D eigenvalue weighted by molar-refractivity contribution is 5.41. The fourth-order valence-electron chi connectivity index (χ4n) is 1.29. The normalized spacial score (nSPS) is 11.1. The van der Waals surface area contributed by atoms with E-state index in [1.165, 1.54) is 12.1 Å². The molecule has 0 saturated carbocycles. The summed E-state index contributed by atoms with van der Waals surface area (Å²) in [5.41, 5.74) is -4.04. The smallest absolute Gasteiger partial charge is 0.241 e. The molecule has 0 aliphatic rings. The van der Waals surface area contributed by atoms with Crippen molar-refractivity contribution in [2.45, 2.75) is 19.0 Å². The van der Waals surface area contributed by atoms with E-state index in [0.717, 1.165) is 0 Å². The molecule has 3 nitrogen and oxygen atoms in total. The number of alkyl halides is 5. The number of aromatic nitrogens is 1. The van der Waals surface area contributed by atoms with Crippen LogP contribution in [0, 0.1) is 22.7 Å². The lowest BCUT2D eigenvalue weighted by molar-refractivity contribution is -0.142. The SMILES string of the molecule is N#CCc1cc(C#N)c(C(F)F)nc1C(F)(F)F. The number of halogens is 5. The molecule has 0 N–H and O–H groups in total. The Morgan fingerprint density at radius 3 is 2.28 bits per heavy atom. The third-order valence-electron chi connectivity index (χ3n) is 2.00. The van der Waals surface area contributed by atoms with Crippen LogP contribution in [0.4, 0.5) is 22.0 Å². The first-order valence-electron chi connectivity index (χ1n) is 4.47. The average Bonchev–Trinajstić information content (AvgIpc) is 2.26. The molecule has 0 spiro atoms. The zero-order valence-electron chi connectivity index (χ0n) is 8.59. The van der Waals surface area contributed by atoms with Crippen LogP contribution in [0.15, 0.2) is 6.07 Å². The molecule has 8 heteroatoms. The van der Waals surface area contributed by atoms with Crippen molar-refractivity contribution in [3.8, 4) is 12.1 Å². The van der Waals surface area contributed by atoms with Crippen molar-refractivity contribution in [2.24, 2.45) is 0 Å². The largest absolute Gasteiger partial charge is 0.433 e. The summed E-state index contributed by atoms with van der Waals surface area (Å²) in [6, 6.07) is 3.42. The van der Waals surface area contributed by atoms with Crippen molar-refractivity contribution in [1.29, 1.82) is 10.5 Å². The molecule has 0 aromatic carbocycles. The van der Waals surface area contributed by atoms with Gasteiger partial charge in [0.2, 0.25) is 0 Å². The molecule has 0 saturated heterocycles. The van der Waals surface area contributed by atoms with Crippen LogP contribution in [0.25, 0.3) is 0 Å². The molecular formula is C10H4F5N3. The van der Waals surface area contributed by atoms with Gasteiger partial charge in [-0.15, -0.1) is 0 Å². The minimum Gasteiger partial charge on any atom is -0.241 e. The van der Waals surface area contributed by atoms with E-state index in [9.17, 15) is 22.0 Å². The zero-order chi connectivity index (χ0) is 13.9. The molecule has 1 rings (SSSR count). The van der Waals surface area contributed by atoms with Crippen LogP contribution in [0.1, 0.15) is 28.9 Å². The first kappa shape index (κ1) is 13.8. The predicted molar refractivity (Wildman–Crippen MR) is 48.2 cm³/mol. The van der Waals surface area contributed by atoms with E-state index in [1.807, 2.05) is 0 Å². The number of hydrogen-bond acceptors (Lipinski definition) is 3. The van der Waals surface area contributed by atoms with Crippen LogP contribution >= 0.6 is 0 Å². The van der Waals surface area contributed by atoms with Gasteiger partial charge in [0.1, 0.15) is 17.5 Å². The first-order chi connectivity index (χ1) is 8.31. The Kier molecular flexibility index (Phi) is 3.82. The second-order valence-electron chi connectivity index (χ2n) is 3.17. The lowest BCUT2D eigenvalue weighted by atomic mass is 10.1. The van der Waals surface area contributed by atoms with Crippen molar-refractivity contribution in [3.05, 3.63) is 28.6 Å². The van der Waals surface area contributed by atoms with E-state index in [4.69, 9.17) is 10.5 Å². The van der Waals surface area contributed by atoms with Crippen molar-refractivity contribution in [2.75, 3.05) is 0 Å². The van der Waals surface area contributed by atoms with Gasteiger partial charge in [0.25, 0.3) is 6.43 Å². The summed E-state index contributed by atoms with van der Waals surface area (Å²) in [7, 11) is 0. The molecular weight excluding hydrogens is 257 g/mol. The Hall–Kier alpha value is -2.22. The topological polar surface area (TPSA) is 60.5 Å². The zero-order valence-corrected chi connectivity index (χ0v) is 8.59. The molecule has 0 amide bonds. The van der Waals surface area contributed by atoms with Gasteiger partial charge in [0.05, 0.1) is 18.1 Å². The molecule has 18 heavy (non-hydrogen) atoms. The van der Waals surface area contributed by atoms with Crippen LogP contribution in [-0.2, 0) is 12.6 Å². The summed E-state index contributed by atoms with van der Waals surface area (Å²) in [5.74, 6) is 0. The highest BCUT2D eigenvalue weighted by Gasteiger charge is 2.37.